The average Bonchev–Trinajstić information content (AvgIpc) is 3.15. The van der Waals surface area contributed by atoms with Gasteiger partial charge in [-0.3, -0.25) is 10.1 Å². The van der Waals surface area contributed by atoms with E-state index in [2.05, 4.69) is 10.3 Å². The number of hydrogen-bond donors (Lipinski definition) is 3. The molecule has 4 rings (SSSR count). The van der Waals surface area contributed by atoms with E-state index in [1.54, 1.807) is 12.1 Å². The molecule has 3 N–H and O–H groups in total. The molecule has 0 unspecified atom stereocenters. The van der Waals surface area contributed by atoms with Crippen molar-refractivity contribution in [2.45, 2.75) is 44.5 Å². The van der Waals surface area contributed by atoms with Crippen LogP contribution in [0.15, 0.2) is 42.5 Å². The number of nitrogens with zero attached hydrogens (tertiary/aromatic N) is 2. The second-order valence-electron chi connectivity index (χ2n) is 8.18. The number of aliphatic hydroxyl groups excluding tert-OH is 2. The molecule has 3 aromatic rings. The quantitative estimate of drug-likeness (QED) is 0.537. The van der Waals surface area contributed by atoms with Gasteiger partial charge < -0.3 is 14.8 Å². The summed E-state index contributed by atoms with van der Waals surface area (Å²) in [6.07, 6.45) is -1.32. The standard InChI is InChI=1S/C23H24F3N3O3/c24-23(25,26)17-3-1-2-16(11-17)21(32)28-22-27-19-10-15(13-31)6-9-20(19)29(22)18-7-4-14(12-30)5-8-18/h1-3,6,9-11,14,18,30-31H,4-5,7-8,12-13H2,(H,27,28,32). The fourth-order valence-corrected chi connectivity index (χ4v) is 4.30. The van der Waals surface area contributed by atoms with E-state index in [4.69, 9.17) is 0 Å². The molecular weight excluding hydrogens is 423 g/mol. The second-order valence-corrected chi connectivity index (χ2v) is 8.18. The monoisotopic (exact) mass is 447 g/mol. The second kappa shape index (κ2) is 8.91. The van der Waals surface area contributed by atoms with Crippen molar-refractivity contribution in [3.63, 3.8) is 0 Å². The van der Waals surface area contributed by atoms with Gasteiger partial charge in [-0.15, -0.1) is 0 Å². The third-order valence-corrected chi connectivity index (χ3v) is 6.05. The Morgan fingerprint density at radius 3 is 2.50 bits per heavy atom. The Morgan fingerprint density at radius 2 is 1.84 bits per heavy atom. The minimum Gasteiger partial charge on any atom is -0.396 e. The zero-order chi connectivity index (χ0) is 22.9. The average molecular weight is 447 g/mol. The van der Waals surface area contributed by atoms with Crippen molar-refractivity contribution in [1.29, 1.82) is 0 Å². The van der Waals surface area contributed by atoms with Crippen LogP contribution < -0.4 is 5.32 Å². The number of carbonyl (C=O) groups excluding carboxylic acids is 1. The zero-order valence-corrected chi connectivity index (χ0v) is 17.3. The number of carbonyl (C=O) groups is 1. The Hall–Kier alpha value is -2.91. The molecule has 0 aliphatic heterocycles. The molecule has 1 aromatic heterocycles. The van der Waals surface area contributed by atoms with Crippen LogP contribution in [-0.2, 0) is 12.8 Å². The van der Waals surface area contributed by atoms with Crippen LogP contribution >= 0.6 is 0 Å². The first-order valence-corrected chi connectivity index (χ1v) is 10.5. The number of rotatable bonds is 5. The molecule has 1 saturated carbocycles. The summed E-state index contributed by atoms with van der Waals surface area (Å²) in [6.45, 7) is -0.0211. The number of amides is 1. The number of anilines is 1. The van der Waals surface area contributed by atoms with Crippen LogP contribution in [0.25, 0.3) is 11.0 Å². The SMILES string of the molecule is O=C(Nc1nc2cc(CO)ccc2n1C1CCC(CO)CC1)c1cccc(C(F)(F)F)c1. The molecule has 0 atom stereocenters. The molecule has 0 radical (unpaired) electrons. The first-order valence-electron chi connectivity index (χ1n) is 10.5. The van der Waals surface area contributed by atoms with Gasteiger partial charge >= 0.3 is 6.18 Å². The number of alkyl halides is 3. The molecule has 0 spiro atoms. The summed E-state index contributed by atoms with van der Waals surface area (Å²) in [6, 6.07) is 9.62. The van der Waals surface area contributed by atoms with E-state index in [-0.39, 0.29) is 36.7 Å². The van der Waals surface area contributed by atoms with E-state index < -0.39 is 17.6 Å². The Labute approximate surface area is 182 Å². The van der Waals surface area contributed by atoms with Gasteiger partial charge in [-0.05, 0) is 67.5 Å². The van der Waals surface area contributed by atoms with Crippen LogP contribution in [0.2, 0.25) is 0 Å². The molecule has 1 heterocycles. The lowest BCUT2D eigenvalue weighted by molar-refractivity contribution is -0.137. The lowest BCUT2D eigenvalue weighted by atomic mass is 9.86. The predicted octanol–water partition coefficient (Wildman–Crippen LogP) is 4.52. The maximum absolute atomic E-state index is 13.1. The summed E-state index contributed by atoms with van der Waals surface area (Å²) >= 11 is 0. The molecule has 0 saturated heterocycles. The first-order chi connectivity index (χ1) is 15.3. The van der Waals surface area contributed by atoms with Crippen molar-refractivity contribution in [3.8, 4) is 0 Å². The minimum absolute atomic E-state index is 0.0274. The molecule has 9 heteroatoms. The van der Waals surface area contributed by atoms with Crippen molar-refractivity contribution < 1.29 is 28.2 Å². The summed E-state index contributed by atoms with van der Waals surface area (Å²) in [4.78, 5) is 17.3. The minimum atomic E-state index is -4.55. The van der Waals surface area contributed by atoms with Crippen LogP contribution in [0.5, 0.6) is 0 Å². The highest BCUT2D eigenvalue weighted by Gasteiger charge is 2.31. The van der Waals surface area contributed by atoms with Crippen LogP contribution in [0.4, 0.5) is 19.1 Å². The molecule has 1 aliphatic carbocycles. The third-order valence-electron chi connectivity index (χ3n) is 6.05. The summed E-state index contributed by atoms with van der Waals surface area (Å²) in [5, 5.41) is 21.6. The topological polar surface area (TPSA) is 87.4 Å². The van der Waals surface area contributed by atoms with Crippen molar-refractivity contribution >= 4 is 22.9 Å². The number of hydrogen-bond acceptors (Lipinski definition) is 4. The maximum atomic E-state index is 13.1. The largest absolute Gasteiger partial charge is 0.416 e. The number of halogens is 3. The molecule has 2 aromatic carbocycles. The van der Waals surface area contributed by atoms with Gasteiger partial charge in [0.2, 0.25) is 5.95 Å². The fraction of sp³-hybridized carbons (Fsp3) is 0.391. The van der Waals surface area contributed by atoms with E-state index >= 15 is 0 Å². The lowest BCUT2D eigenvalue weighted by Gasteiger charge is -2.29. The zero-order valence-electron chi connectivity index (χ0n) is 17.3. The Balaban J connectivity index is 1.69. The number of benzene rings is 2. The number of aliphatic hydroxyl groups is 2. The van der Waals surface area contributed by atoms with Crippen molar-refractivity contribution in [3.05, 3.63) is 59.2 Å². The molecule has 0 bridgehead atoms. The fourth-order valence-electron chi connectivity index (χ4n) is 4.30. The Bertz CT molecular complexity index is 1120. The van der Waals surface area contributed by atoms with E-state index in [9.17, 15) is 28.2 Å². The van der Waals surface area contributed by atoms with Crippen molar-refractivity contribution in [1.82, 2.24) is 9.55 Å². The summed E-state index contributed by atoms with van der Waals surface area (Å²) < 4.78 is 41.1. The molecule has 1 amide bonds. The third kappa shape index (κ3) is 4.49. The van der Waals surface area contributed by atoms with Gasteiger partial charge in [-0.2, -0.15) is 13.2 Å². The van der Waals surface area contributed by atoms with Crippen molar-refractivity contribution in [2.24, 2.45) is 5.92 Å². The highest BCUT2D eigenvalue weighted by Crippen LogP contribution is 2.37. The number of aromatic nitrogens is 2. The highest BCUT2D eigenvalue weighted by atomic mass is 19.4. The first kappa shape index (κ1) is 22.3. The van der Waals surface area contributed by atoms with E-state index in [0.717, 1.165) is 43.3 Å². The summed E-state index contributed by atoms with van der Waals surface area (Å²) in [7, 11) is 0. The van der Waals surface area contributed by atoms with E-state index in [1.165, 1.54) is 12.1 Å². The number of fused-ring (bicyclic) bond motifs is 1. The van der Waals surface area contributed by atoms with Gasteiger partial charge in [0.1, 0.15) is 0 Å². The molecule has 170 valence electrons. The molecule has 1 aliphatic rings. The van der Waals surface area contributed by atoms with Crippen LogP contribution in [0.3, 0.4) is 0 Å². The van der Waals surface area contributed by atoms with Gasteiger partial charge in [0.25, 0.3) is 5.91 Å². The van der Waals surface area contributed by atoms with E-state index in [1.807, 2.05) is 10.6 Å². The van der Waals surface area contributed by atoms with Gasteiger partial charge in [-0.1, -0.05) is 12.1 Å². The Morgan fingerprint density at radius 1 is 1.09 bits per heavy atom. The van der Waals surface area contributed by atoms with Crippen LogP contribution in [0.1, 0.15) is 53.2 Å². The van der Waals surface area contributed by atoms with Crippen LogP contribution in [-0.4, -0.2) is 32.3 Å². The highest BCUT2D eigenvalue weighted by molar-refractivity contribution is 6.04. The van der Waals surface area contributed by atoms with Crippen LogP contribution in [0, 0.1) is 5.92 Å². The Kier molecular flexibility index (Phi) is 6.21. The molecule has 6 nitrogen and oxygen atoms in total. The smallest absolute Gasteiger partial charge is 0.396 e. The molecule has 32 heavy (non-hydrogen) atoms. The lowest BCUT2D eigenvalue weighted by Crippen LogP contribution is -2.23. The van der Waals surface area contributed by atoms with Crippen molar-refractivity contribution in [2.75, 3.05) is 11.9 Å². The molecule has 1 fully saturated rings. The van der Waals surface area contributed by atoms with Gasteiger partial charge in [0.15, 0.2) is 0 Å². The predicted molar refractivity (Wildman–Crippen MR) is 113 cm³/mol. The summed E-state index contributed by atoms with van der Waals surface area (Å²) in [5.74, 6) is -0.186. The number of imidazole rings is 1. The van der Waals surface area contributed by atoms with Gasteiger partial charge in [0, 0.05) is 18.2 Å². The van der Waals surface area contributed by atoms with E-state index in [0.29, 0.717) is 11.1 Å². The normalized spacial score (nSPS) is 19.3. The molecular formula is C23H24F3N3O3. The summed E-state index contributed by atoms with van der Waals surface area (Å²) in [5.41, 5.74) is 1.02. The van der Waals surface area contributed by atoms with Gasteiger partial charge in [-0.25, -0.2) is 4.98 Å². The number of nitrogens with one attached hydrogen (secondary N) is 1. The maximum Gasteiger partial charge on any atom is 0.416 e. The van der Waals surface area contributed by atoms with Gasteiger partial charge in [0.05, 0.1) is 23.2 Å².